The van der Waals surface area contributed by atoms with Crippen molar-refractivity contribution in [1.29, 1.82) is 0 Å². The summed E-state index contributed by atoms with van der Waals surface area (Å²) in [7, 11) is 0. The number of aliphatic carboxylic acids is 1. The molecule has 1 aromatic rings. The third-order valence-electron chi connectivity index (χ3n) is 2.45. The highest BCUT2D eigenvalue weighted by atomic mass is 16.4. The Balaban J connectivity index is 2.42. The van der Waals surface area contributed by atoms with E-state index >= 15 is 0 Å². The van der Waals surface area contributed by atoms with Crippen LogP contribution < -0.4 is 5.32 Å². The highest BCUT2D eigenvalue weighted by molar-refractivity contribution is 5.91. The predicted octanol–water partition coefficient (Wildman–Crippen LogP) is 1.85. The zero-order valence-electron chi connectivity index (χ0n) is 10.3. The second-order valence-corrected chi connectivity index (χ2v) is 3.86. The zero-order valence-corrected chi connectivity index (χ0v) is 10.3. The van der Waals surface area contributed by atoms with Crippen LogP contribution in [-0.2, 0) is 16.0 Å². The minimum atomic E-state index is -0.922. The van der Waals surface area contributed by atoms with Crippen molar-refractivity contribution >= 4 is 18.0 Å². The lowest BCUT2D eigenvalue weighted by atomic mass is 10.1. The lowest BCUT2D eigenvalue weighted by Crippen LogP contribution is -2.23. The first-order valence-electron chi connectivity index (χ1n) is 5.88. The van der Waals surface area contributed by atoms with Crippen molar-refractivity contribution in [3.63, 3.8) is 0 Å². The average Bonchev–Trinajstić information content (AvgIpc) is 2.36. The minimum Gasteiger partial charge on any atom is -0.481 e. The average molecular weight is 247 g/mol. The van der Waals surface area contributed by atoms with Crippen LogP contribution in [-0.4, -0.2) is 23.5 Å². The maximum Gasteiger partial charge on any atom is 0.305 e. The van der Waals surface area contributed by atoms with E-state index in [2.05, 4.69) is 12.2 Å². The normalized spacial score (nSPS) is 10.5. The Morgan fingerprint density at radius 2 is 1.94 bits per heavy atom. The lowest BCUT2D eigenvalue weighted by molar-refractivity contribution is -0.136. The largest absolute Gasteiger partial charge is 0.481 e. The van der Waals surface area contributed by atoms with Crippen molar-refractivity contribution in [3.8, 4) is 0 Å². The summed E-state index contributed by atoms with van der Waals surface area (Å²) in [5.41, 5.74) is 2.19. The zero-order chi connectivity index (χ0) is 13.4. The van der Waals surface area contributed by atoms with Gasteiger partial charge in [-0.05, 0) is 23.6 Å². The van der Waals surface area contributed by atoms with E-state index in [0.717, 1.165) is 12.0 Å². The van der Waals surface area contributed by atoms with Gasteiger partial charge in [-0.1, -0.05) is 31.2 Å². The van der Waals surface area contributed by atoms with Gasteiger partial charge in [-0.2, -0.15) is 0 Å². The first kappa shape index (κ1) is 14.0. The van der Waals surface area contributed by atoms with Gasteiger partial charge in [0.05, 0.1) is 6.42 Å². The molecule has 0 aliphatic rings. The molecule has 18 heavy (non-hydrogen) atoms. The Hall–Kier alpha value is -2.10. The van der Waals surface area contributed by atoms with Crippen molar-refractivity contribution in [2.24, 2.45) is 0 Å². The van der Waals surface area contributed by atoms with Crippen LogP contribution in [0.1, 0.15) is 24.5 Å². The molecule has 2 N–H and O–H groups in total. The fraction of sp³-hybridized carbons (Fsp3) is 0.286. The van der Waals surface area contributed by atoms with Crippen LogP contribution in [0.25, 0.3) is 6.08 Å². The molecule has 96 valence electrons. The Morgan fingerprint density at radius 1 is 1.28 bits per heavy atom. The first-order chi connectivity index (χ1) is 8.61. The molecule has 4 heteroatoms. The highest BCUT2D eigenvalue weighted by Gasteiger charge is 1.98. The minimum absolute atomic E-state index is 0.0647. The first-order valence-corrected chi connectivity index (χ1v) is 5.88. The van der Waals surface area contributed by atoms with Crippen molar-refractivity contribution < 1.29 is 14.7 Å². The number of carboxylic acids is 1. The van der Waals surface area contributed by atoms with E-state index in [-0.39, 0.29) is 18.9 Å². The second kappa shape index (κ2) is 7.27. The molecule has 0 aromatic heterocycles. The van der Waals surface area contributed by atoms with Crippen molar-refractivity contribution in [2.75, 3.05) is 6.54 Å². The molecule has 1 rings (SSSR count). The second-order valence-electron chi connectivity index (χ2n) is 3.86. The summed E-state index contributed by atoms with van der Waals surface area (Å²) in [5, 5.41) is 10.9. The Bertz CT molecular complexity index is 435. The quantitative estimate of drug-likeness (QED) is 0.754. The van der Waals surface area contributed by atoms with E-state index in [1.165, 1.54) is 11.6 Å². The number of aryl methyl sites for hydroxylation is 1. The molecule has 0 radical (unpaired) electrons. The van der Waals surface area contributed by atoms with Gasteiger partial charge in [0.1, 0.15) is 0 Å². The number of carbonyl (C=O) groups excluding carboxylic acids is 1. The SMILES string of the molecule is CCc1ccc(C=CC(=O)NCCC(=O)O)cc1. The van der Waals surface area contributed by atoms with E-state index < -0.39 is 5.97 Å². The van der Waals surface area contributed by atoms with Crippen LogP contribution in [0.4, 0.5) is 0 Å². The summed E-state index contributed by atoms with van der Waals surface area (Å²) in [6.45, 7) is 2.23. The van der Waals surface area contributed by atoms with Gasteiger partial charge in [-0.3, -0.25) is 9.59 Å². The van der Waals surface area contributed by atoms with Crippen LogP contribution in [0, 0.1) is 0 Å². The molecule has 0 bridgehead atoms. The number of carboxylic acid groups (broad SMARTS) is 1. The predicted molar refractivity (Wildman–Crippen MR) is 70.1 cm³/mol. The molecular formula is C14H17NO3. The van der Waals surface area contributed by atoms with Crippen molar-refractivity contribution in [3.05, 3.63) is 41.5 Å². The van der Waals surface area contributed by atoms with E-state index in [1.54, 1.807) is 6.08 Å². The third kappa shape index (κ3) is 5.30. The smallest absolute Gasteiger partial charge is 0.305 e. The molecular weight excluding hydrogens is 230 g/mol. The fourth-order valence-corrected chi connectivity index (χ4v) is 1.39. The van der Waals surface area contributed by atoms with E-state index in [9.17, 15) is 9.59 Å². The summed E-state index contributed by atoms with van der Waals surface area (Å²) in [6.07, 6.45) is 4.03. The van der Waals surface area contributed by atoms with Gasteiger partial charge in [0.25, 0.3) is 0 Å². The number of hydrogen-bond acceptors (Lipinski definition) is 2. The molecule has 0 heterocycles. The summed E-state index contributed by atoms with van der Waals surface area (Å²) in [5.74, 6) is -1.20. The van der Waals surface area contributed by atoms with Crippen LogP contribution in [0.5, 0.6) is 0 Å². The summed E-state index contributed by atoms with van der Waals surface area (Å²) >= 11 is 0. The Labute approximate surface area is 106 Å². The Morgan fingerprint density at radius 3 is 2.50 bits per heavy atom. The number of carbonyl (C=O) groups is 2. The topological polar surface area (TPSA) is 66.4 Å². The molecule has 0 saturated heterocycles. The maximum absolute atomic E-state index is 11.3. The van der Waals surface area contributed by atoms with Gasteiger partial charge in [-0.25, -0.2) is 0 Å². The number of nitrogens with one attached hydrogen (secondary N) is 1. The molecule has 0 saturated carbocycles. The van der Waals surface area contributed by atoms with Crippen molar-refractivity contribution in [1.82, 2.24) is 5.32 Å². The van der Waals surface area contributed by atoms with Gasteiger partial charge in [0, 0.05) is 12.6 Å². The standard InChI is InChI=1S/C14H17NO3/c1-2-11-3-5-12(6-4-11)7-8-13(16)15-10-9-14(17)18/h3-8H,2,9-10H2,1H3,(H,15,16)(H,17,18). The van der Waals surface area contributed by atoms with E-state index in [4.69, 9.17) is 5.11 Å². The number of hydrogen-bond donors (Lipinski definition) is 2. The van der Waals surface area contributed by atoms with E-state index in [1.807, 2.05) is 24.3 Å². The molecule has 0 atom stereocenters. The Kier molecular flexibility index (Phi) is 5.64. The van der Waals surface area contributed by atoms with Gasteiger partial charge >= 0.3 is 5.97 Å². The van der Waals surface area contributed by atoms with Gasteiger partial charge in [0.15, 0.2) is 0 Å². The van der Waals surface area contributed by atoms with Gasteiger partial charge in [-0.15, -0.1) is 0 Å². The van der Waals surface area contributed by atoms with Crippen LogP contribution in [0.3, 0.4) is 0 Å². The lowest BCUT2D eigenvalue weighted by Gasteiger charge is -1.99. The maximum atomic E-state index is 11.3. The molecule has 4 nitrogen and oxygen atoms in total. The van der Waals surface area contributed by atoms with E-state index in [0.29, 0.717) is 0 Å². The third-order valence-corrected chi connectivity index (χ3v) is 2.45. The fourth-order valence-electron chi connectivity index (χ4n) is 1.39. The summed E-state index contributed by atoms with van der Waals surface area (Å²) in [6, 6.07) is 7.92. The number of amides is 1. The summed E-state index contributed by atoms with van der Waals surface area (Å²) in [4.78, 5) is 21.6. The van der Waals surface area contributed by atoms with Gasteiger partial charge in [0.2, 0.25) is 5.91 Å². The van der Waals surface area contributed by atoms with Crippen LogP contribution in [0.2, 0.25) is 0 Å². The molecule has 1 amide bonds. The van der Waals surface area contributed by atoms with Gasteiger partial charge < -0.3 is 10.4 Å². The number of benzene rings is 1. The van der Waals surface area contributed by atoms with Crippen LogP contribution >= 0.6 is 0 Å². The molecule has 0 aliphatic carbocycles. The van der Waals surface area contributed by atoms with Crippen LogP contribution in [0.15, 0.2) is 30.3 Å². The number of rotatable bonds is 6. The summed E-state index contributed by atoms with van der Waals surface area (Å²) < 4.78 is 0. The molecule has 0 unspecified atom stereocenters. The molecule has 0 fully saturated rings. The van der Waals surface area contributed by atoms with Crippen molar-refractivity contribution in [2.45, 2.75) is 19.8 Å². The molecule has 0 aliphatic heterocycles. The molecule has 0 spiro atoms. The monoisotopic (exact) mass is 247 g/mol. The highest BCUT2D eigenvalue weighted by Crippen LogP contribution is 2.06. The molecule has 1 aromatic carbocycles.